The predicted octanol–water partition coefficient (Wildman–Crippen LogP) is 2.39. The van der Waals surface area contributed by atoms with Crippen LogP contribution in [-0.4, -0.2) is 52.2 Å². The Morgan fingerprint density at radius 2 is 1.76 bits per heavy atom. The number of hydrogen-bond acceptors (Lipinski definition) is 7. The summed E-state index contributed by atoms with van der Waals surface area (Å²) in [5.74, 6) is -0.692. The summed E-state index contributed by atoms with van der Waals surface area (Å²) in [4.78, 5) is 50.5. The standard InChI is InChI=1S/C24H28N4O6/c1-13-11-14(28-18(29)12-16-19(20(28)25)22(31)26-21(16)30)5-6-17(13)33-15-7-9-27(10-8-15)23(32)34-24(2,3)4/h5-6,11-12,15H,7-10,25H2,1-4H3,(H,26,30,31). The second-order valence-electron chi connectivity index (χ2n) is 9.51. The van der Waals surface area contributed by atoms with Gasteiger partial charge in [0.15, 0.2) is 0 Å². The maximum Gasteiger partial charge on any atom is 0.410 e. The second kappa shape index (κ2) is 8.51. The summed E-state index contributed by atoms with van der Waals surface area (Å²) in [5, 5.41) is 2.15. The van der Waals surface area contributed by atoms with Gasteiger partial charge in [-0.05, 0) is 51.5 Å². The van der Waals surface area contributed by atoms with Gasteiger partial charge in [0.05, 0.1) is 16.8 Å². The summed E-state index contributed by atoms with van der Waals surface area (Å²) < 4.78 is 12.8. The van der Waals surface area contributed by atoms with Gasteiger partial charge in [0.25, 0.3) is 17.4 Å². The molecule has 0 atom stereocenters. The number of nitrogens with two attached hydrogens (primary N) is 1. The van der Waals surface area contributed by atoms with Crippen molar-refractivity contribution in [2.75, 3.05) is 18.8 Å². The number of likely N-dealkylation sites (tertiary alicyclic amines) is 1. The third kappa shape index (κ3) is 4.48. The monoisotopic (exact) mass is 468 g/mol. The molecule has 10 nitrogen and oxygen atoms in total. The Kier molecular flexibility index (Phi) is 5.84. The van der Waals surface area contributed by atoms with Crippen LogP contribution in [0.4, 0.5) is 10.6 Å². The molecular formula is C24H28N4O6. The van der Waals surface area contributed by atoms with Crippen molar-refractivity contribution in [3.05, 3.63) is 51.3 Å². The maximum absolute atomic E-state index is 12.7. The third-order valence-electron chi connectivity index (χ3n) is 5.76. The van der Waals surface area contributed by atoms with Gasteiger partial charge in [-0.3, -0.25) is 24.3 Å². The number of piperidine rings is 1. The zero-order chi connectivity index (χ0) is 24.8. The number of imide groups is 1. The van der Waals surface area contributed by atoms with Crippen molar-refractivity contribution < 1.29 is 23.9 Å². The van der Waals surface area contributed by atoms with Gasteiger partial charge < -0.3 is 20.1 Å². The smallest absolute Gasteiger partial charge is 0.410 e. The Hall–Kier alpha value is -3.82. The van der Waals surface area contributed by atoms with Crippen molar-refractivity contribution in [1.82, 2.24) is 14.8 Å². The second-order valence-corrected chi connectivity index (χ2v) is 9.51. The Labute approximate surface area is 196 Å². The van der Waals surface area contributed by atoms with E-state index in [-0.39, 0.29) is 29.1 Å². The van der Waals surface area contributed by atoms with E-state index in [4.69, 9.17) is 15.2 Å². The lowest BCUT2D eigenvalue weighted by Crippen LogP contribution is -2.44. The van der Waals surface area contributed by atoms with E-state index in [2.05, 4.69) is 5.32 Å². The van der Waals surface area contributed by atoms with E-state index in [1.54, 1.807) is 23.1 Å². The van der Waals surface area contributed by atoms with Crippen LogP contribution in [0, 0.1) is 6.92 Å². The number of rotatable bonds is 3. The van der Waals surface area contributed by atoms with Crippen LogP contribution < -0.4 is 21.3 Å². The number of hydrogen-bond donors (Lipinski definition) is 2. The molecule has 1 aromatic heterocycles. The molecule has 0 radical (unpaired) electrons. The fourth-order valence-electron chi connectivity index (χ4n) is 4.11. The summed E-state index contributed by atoms with van der Waals surface area (Å²) in [7, 11) is 0. The van der Waals surface area contributed by atoms with Crippen molar-refractivity contribution >= 4 is 23.7 Å². The molecule has 2 aliphatic rings. The number of anilines is 1. The number of ether oxygens (including phenoxy) is 2. The summed E-state index contributed by atoms with van der Waals surface area (Å²) in [6.07, 6.45) is 0.951. The predicted molar refractivity (Wildman–Crippen MR) is 124 cm³/mol. The number of fused-ring (bicyclic) bond motifs is 1. The number of aryl methyl sites for hydroxylation is 1. The average molecular weight is 469 g/mol. The minimum atomic E-state index is -0.631. The van der Waals surface area contributed by atoms with Crippen LogP contribution in [0.5, 0.6) is 5.75 Å². The lowest BCUT2D eigenvalue weighted by atomic mass is 10.1. The van der Waals surface area contributed by atoms with Crippen LogP contribution in [0.2, 0.25) is 0 Å². The quantitative estimate of drug-likeness (QED) is 0.661. The fourth-order valence-corrected chi connectivity index (χ4v) is 4.11. The van der Waals surface area contributed by atoms with E-state index in [9.17, 15) is 19.2 Å². The number of nitrogens with one attached hydrogen (secondary N) is 1. The third-order valence-corrected chi connectivity index (χ3v) is 5.76. The van der Waals surface area contributed by atoms with Crippen LogP contribution in [0.25, 0.3) is 5.69 Å². The van der Waals surface area contributed by atoms with Crippen LogP contribution in [-0.2, 0) is 4.74 Å². The Balaban J connectivity index is 1.48. The lowest BCUT2D eigenvalue weighted by molar-refractivity contribution is 0.0126. The van der Waals surface area contributed by atoms with Gasteiger partial charge in [-0.2, -0.15) is 0 Å². The molecule has 0 unspecified atom stereocenters. The summed E-state index contributed by atoms with van der Waals surface area (Å²) in [6, 6.07) is 6.28. The molecule has 4 rings (SSSR count). The molecular weight excluding hydrogens is 440 g/mol. The van der Waals surface area contributed by atoms with Crippen molar-refractivity contribution in [1.29, 1.82) is 0 Å². The normalized spacial score (nSPS) is 16.3. The number of carbonyl (C=O) groups is 3. The number of amides is 3. The molecule has 0 spiro atoms. The van der Waals surface area contributed by atoms with E-state index in [1.807, 2.05) is 27.7 Å². The zero-order valence-electron chi connectivity index (χ0n) is 19.6. The van der Waals surface area contributed by atoms with E-state index in [1.165, 1.54) is 4.57 Å². The van der Waals surface area contributed by atoms with E-state index >= 15 is 0 Å². The van der Waals surface area contributed by atoms with Gasteiger partial charge in [-0.25, -0.2) is 4.79 Å². The number of carbonyl (C=O) groups excluding carboxylic acids is 3. The summed E-state index contributed by atoms with van der Waals surface area (Å²) in [6.45, 7) is 8.44. The minimum Gasteiger partial charge on any atom is -0.490 e. The first-order valence-electron chi connectivity index (χ1n) is 11.1. The van der Waals surface area contributed by atoms with Crippen LogP contribution in [0.15, 0.2) is 29.1 Å². The molecule has 10 heteroatoms. The van der Waals surface area contributed by atoms with Crippen molar-refractivity contribution in [3.8, 4) is 11.4 Å². The molecule has 180 valence electrons. The first-order valence-corrected chi connectivity index (χ1v) is 11.1. The van der Waals surface area contributed by atoms with Crippen molar-refractivity contribution in [2.24, 2.45) is 0 Å². The SMILES string of the molecule is Cc1cc(-n2c(N)c3c(cc2=O)C(=O)NC3=O)ccc1OC1CCN(C(=O)OC(C)(C)C)CC1. The number of nitrogen functional groups attached to an aromatic ring is 1. The number of aromatic nitrogens is 1. The highest BCUT2D eigenvalue weighted by molar-refractivity contribution is 6.23. The molecule has 3 amide bonds. The van der Waals surface area contributed by atoms with Gasteiger partial charge in [0.2, 0.25) is 0 Å². The van der Waals surface area contributed by atoms with Crippen LogP contribution in [0.1, 0.15) is 59.9 Å². The molecule has 34 heavy (non-hydrogen) atoms. The number of benzene rings is 1. The maximum atomic E-state index is 12.7. The van der Waals surface area contributed by atoms with Crippen LogP contribution in [0.3, 0.4) is 0 Å². The summed E-state index contributed by atoms with van der Waals surface area (Å²) in [5.41, 5.74) is 6.29. The molecule has 0 aliphatic carbocycles. The van der Waals surface area contributed by atoms with Crippen molar-refractivity contribution in [3.63, 3.8) is 0 Å². The first kappa shape index (κ1) is 23.3. The van der Waals surface area contributed by atoms with Gasteiger partial charge >= 0.3 is 6.09 Å². The zero-order valence-corrected chi connectivity index (χ0v) is 19.6. The highest BCUT2D eigenvalue weighted by Gasteiger charge is 2.32. The van der Waals surface area contributed by atoms with Gasteiger partial charge in [0, 0.05) is 32.0 Å². The molecule has 2 aromatic rings. The molecule has 2 aliphatic heterocycles. The van der Waals surface area contributed by atoms with E-state index < -0.39 is 23.0 Å². The molecule has 1 fully saturated rings. The highest BCUT2D eigenvalue weighted by atomic mass is 16.6. The minimum absolute atomic E-state index is 0.000623. The molecule has 0 bridgehead atoms. The molecule has 3 N–H and O–H groups in total. The van der Waals surface area contributed by atoms with Gasteiger partial charge in [0.1, 0.15) is 23.3 Å². The van der Waals surface area contributed by atoms with E-state index in [0.29, 0.717) is 37.4 Å². The molecule has 1 saturated heterocycles. The van der Waals surface area contributed by atoms with Crippen molar-refractivity contribution in [2.45, 2.75) is 52.2 Å². The molecule has 1 aromatic carbocycles. The fraction of sp³-hybridized carbons (Fsp3) is 0.417. The molecule has 3 heterocycles. The largest absolute Gasteiger partial charge is 0.490 e. The van der Waals surface area contributed by atoms with Gasteiger partial charge in [-0.15, -0.1) is 0 Å². The van der Waals surface area contributed by atoms with Gasteiger partial charge in [-0.1, -0.05) is 0 Å². The Bertz CT molecular complexity index is 1240. The topological polar surface area (TPSA) is 133 Å². The summed E-state index contributed by atoms with van der Waals surface area (Å²) >= 11 is 0. The first-order chi connectivity index (χ1) is 15.9. The highest BCUT2D eigenvalue weighted by Crippen LogP contribution is 2.28. The average Bonchev–Trinajstić information content (AvgIpc) is 3.02. The Morgan fingerprint density at radius 1 is 1.09 bits per heavy atom. The Morgan fingerprint density at radius 3 is 2.38 bits per heavy atom. The molecule has 0 saturated carbocycles. The van der Waals surface area contributed by atoms with Crippen LogP contribution >= 0.6 is 0 Å². The van der Waals surface area contributed by atoms with E-state index in [0.717, 1.165) is 11.6 Å². The lowest BCUT2D eigenvalue weighted by Gasteiger charge is -2.33. The number of pyridine rings is 1. The number of nitrogens with zero attached hydrogens (tertiary/aromatic N) is 2.